The van der Waals surface area contributed by atoms with Crippen molar-refractivity contribution in [1.29, 1.82) is 0 Å². The number of likely N-dealkylation sites (N-methyl/N-ethyl adjacent to an activating group) is 1. The Kier molecular flexibility index (Phi) is 9.06. The van der Waals surface area contributed by atoms with Crippen molar-refractivity contribution in [3.8, 4) is 5.75 Å². The molecule has 0 aromatic heterocycles. The number of methoxy groups -OCH3 is 1. The molecule has 1 aromatic rings. The summed E-state index contributed by atoms with van der Waals surface area (Å²) in [6.07, 6.45) is 2.36. The molecule has 4 nitrogen and oxygen atoms in total. The molecular formula is C17H29NO3. The minimum atomic E-state index is 0.0816. The van der Waals surface area contributed by atoms with Crippen molar-refractivity contribution in [2.75, 3.05) is 34.0 Å². The van der Waals surface area contributed by atoms with Crippen LogP contribution in [0.3, 0.4) is 0 Å². The normalized spacial score (nSPS) is 13.9. The Bertz CT molecular complexity index is 367. The molecule has 0 bridgehead atoms. The number of nitrogens with one attached hydrogen (secondary N) is 1. The lowest BCUT2D eigenvalue weighted by atomic mass is 10.0. The molecule has 0 radical (unpaired) electrons. The number of hydrogen-bond donors (Lipinski definition) is 1. The molecule has 1 rings (SSSR count). The summed E-state index contributed by atoms with van der Waals surface area (Å²) < 4.78 is 16.6. The summed E-state index contributed by atoms with van der Waals surface area (Å²) in [7, 11) is 3.63. The molecule has 21 heavy (non-hydrogen) atoms. The van der Waals surface area contributed by atoms with E-state index in [9.17, 15) is 0 Å². The molecule has 1 N–H and O–H groups in total. The first-order valence-corrected chi connectivity index (χ1v) is 7.73. The van der Waals surface area contributed by atoms with Gasteiger partial charge in [-0.25, -0.2) is 0 Å². The third-order valence-corrected chi connectivity index (χ3v) is 3.51. The van der Waals surface area contributed by atoms with Gasteiger partial charge in [0, 0.05) is 6.61 Å². The quantitative estimate of drug-likeness (QED) is 0.637. The number of unbranched alkanes of at least 4 members (excludes halogenated alkanes) is 1. The molecule has 0 aliphatic carbocycles. The molecule has 0 amide bonds. The van der Waals surface area contributed by atoms with E-state index in [1.807, 2.05) is 19.2 Å². The van der Waals surface area contributed by atoms with Crippen LogP contribution in [-0.2, 0) is 9.47 Å². The number of hydrogen-bond acceptors (Lipinski definition) is 4. The van der Waals surface area contributed by atoms with Crippen LogP contribution in [0.15, 0.2) is 24.3 Å². The van der Waals surface area contributed by atoms with Crippen LogP contribution in [0, 0.1) is 0 Å². The third-order valence-electron chi connectivity index (χ3n) is 3.51. The fourth-order valence-corrected chi connectivity index (χ4v) is 2.22. The van der Waals surface area contributed by atoms with Gasteiger partial charge in [-0.1, -0.05) is 25.5 Å². The topological polar surface area (TPSA) is 39.7 Å². The van der Waals surface area contributed by atoms with Gasteiger partial charge in [-0.2, -0.15) is 0 Å². The van der Waals surface area contributed by atoms with E-state index in [4.69, 9.17) is 14.2 Å². The van der Waals surface area contributed by atoms with Crippen LogP contribution < -0.4 is 10.1 Å². The van der Waals surface area contributed by atoms with Crippen molar-refractivity contribution >= 4 is 0 Å². The van der Waals surface area contributed by atoms with E-state index >= 15 is 0 Å². The lowest BCUT2D eigenvalue weighted by molar-refractivity contribution is -0.00296. The minimum absolute atomic E-state index is 0.0816. The second-order valence-electron chi connectivity index (χ2n) is 5.08. The zero-order chi connectivity index (χ0) is 15.5. The highest BCUT2D eigenvalue weighted by Crippen LogP contribution is 2.21. The zero-order valence-corrected chi connectivity index (χ0v) is 13.7. The summed E-state index contributed by atoms with van der Waals surface area (Å²) in [5.41, 5.74) is 1.19. The predicted octanol–water partition coefficient (Wildman–Crippen LogP) is 3.18. The Morgan fingerprint density at radius 1 is 1.10 bits per heavy atom. The average molecular weight is 295 g/mol. The Morgan fingerprint density at radius 2 is 1.81 bits per heavy atom. The van der Waals surface area contributed by atoms with Crippen molar-refractivity contribution in [3.63, 3.8) is 0 Å². The minimum Gasteiger partial charge on any atom is -0.497 e. The Hall–Kier alpha value is -1.10. The van der Waals surface area contributed by atoms with E-state index in [2.05, 4.69) is 31.3 Å². The molecule has 0 saturated carbocycles. The van der Waals surface area contributed by atoms with Crippen LogP contribution in [0.1, 0.15) is 38.3 Å². The van der Waals surface area contributed by atoms with Crippen LogP contribution in [0.2, 0.25) is 0 Å². The van der Waals surface area contributed by atoms with E-state index in [1.165, 1.54) is 5.56 Å². The Balaban J connectivity index is 2.39. The highest BCUT2D eigenvalue weighted by atomic mass is 16.5. The second kappa shape index (κ2) is 10.6. The number of rotatable bonds is 11. The molecule has 0 aliphatic rings. The van der Waals surface area contributed by atoms with Crippen molar-refractivity contribution in [2.24, 2.45) is 0 Å². The largest absolute Gasteiger partial charge is 0.497 e. The van der Waals surface area contributed by atoms with Crippen molar-refractivity contribution in [1.82, 2.24) is 5.32 Å². The van der Waals surface area contributed by atoms with Crippen LogP contribution in [-0.4, -0.2) is 40.1 Å². The molecule has 0 saturated heterocycles. The summed E-state index contributed by atoms with van der Waals surface area (Å²) in [4.78, 5) is 0. The first kappa shape index (κ1) is 18.0. The maximum absolute atomic E-state index is 5.87. The molecule has 4 heteroatoms. The first-order chi connectivity index (χ1) is 10.2. The number of benzene rings is 1. The standard InChI is InChI=1S/C17H29NO3/c1-5-6-11-20-12-13-21-14(2)17(18-3)15-7-9-16(19-4)10-8-15/h7-10,14,17-18H,5-6,11-13H2,1-4H3. The van der Waals surface area contributed by atoms with Gasteiger partial charge in [-0.05, 0) is 38.1 Å². The van der Waals surface area contributed by atoms with Gasteiger partial charge in [0.15, 0.2) is 0 Å². The van der Waals surface area contributed by atoms with Crippen LogP contribution in [0.5, 0.6) is 5.75 Å². The highest BCUT2D eigenvalue weighted by Gasteiger charge is 2.18. The predicted molar refractivity (Wildman–Crippen MR) is 85.9 cm³/mol. The van der Waals surface area contributed by atoms with E-state index in [0.29, 0.717) is 13.2 Å². The van der Waals surface area contributed by atoms with E-state index in [-0.39, 0.29) is 12.1 Å². The van der Waals surface area contributed by atoms with Crippen LogP contribution in [0.4, 0.5) is 0 Å². The van der Waals surface area contributed by atoms with E-state index < -0.39 is 0 Å². The SMILES string of the molecule is CCCCOCCOC(C)C(NC)c1ccc(OC)cc1. The van der Waals surface area contributed by atoms with Crippen LogP contribution in [0.25, 0.3) is 0 Å². The molecule has 0 spiro atoms. The monoisotopic (exact) mass is 295 g/mol. The highest BCUT2D eigenvalue weighted by molar-refractivity contribution is 5.29. The molecule has 0 heterocycles. The van der Waals surface area contributed by atoms with Gasteiger partial charge < -0.3 is 19.5 Å². The third kappa shape index (κ3) is 6.46. The number of ether oxygens (including phenoxy) is 3. The van der Waals surface area contributed by atoms with Crippen molar-refractivity contribution in [3.05, 3.63) is 29.8 Å². The fourth-order valence-electron chi connectivity index (χ4n) is 2.22. The first-order valence-electron chi connectivity index (χ1n) is 7.73. The van der Waals surface area contributed by atoms with E-state index in [0.717, 1.165) is 25.2 Å². The Morgan fingerprint density at radius 3 is 2.38 bits per heavy atom. The lowest BCUT2D eigenvalue weighted by Crippen LogP contribution is -2.30. The Labute approximate surface area is 128 Å². The van der Waals surface area contributed by atoms with Crippen LogP contribution >= 0.6 is 0 Å². The molecule has 0 fully saturated rings. The van der Waals surface area contributed by atoms with Gasteiger partial charge in [-0.3, -0.25) is 0 Å². The second-order valence-corrected chi connectivity index (χ2v) is 5.08. The molecule has 0 aliphatic heterocycles. The smallest absolute Gasteiger partial charge is 0.118 e. The maximum atomic E-state index is 5.87. The summed E-state index contributed by atoms with van der Waals surface area (Å²) in [6.45, 7) is 6.34. The zero-order valence-electron chi connectivity index (χ0n) is 13.7. The summed E-state index contributed by atoms with van der Waals surface area (Å²) in [6, 6.07) is 8.24. The van der Waals surface area contributed by atoms with E-state index in [1.54, 1.807) is 7.11 Å². The van der Waals surface area contributed by atoms with Gasteiger partial charge in [0.2, 0.25) is 0 Å². The van der Waals surface area contributed by atoms with Gasteiger partial charge in [0.1, 0.15) is 5.75 Å². The molecule has 2 atom stereocenters. The molecule has 2 unspecified atom stereocenters. The van der Waals surface area contributed by atoms with Gasteiger partial charge in [0.05, 0.1) is 32.5 Å². The van der Waals surface area contributed by atoms with Gasteiger partial charge in [-0.15, -0.1) is 0 Å². The van der Waals surface area contributed by atoms with Gasteiger partial charge in [0.25, 0.3) is 0 Å². The van der Waals surface area contributed by atoms with Crippen molar-refractivity contribution < 1.29 is 14.2 Å². The lowest BCUT2D eigenvalue weighted by Gasteiger charge is -2.24. The maximum Gasteiger partial charge on any atom is 0.118 e. The van der Waals surface area contributed by atoms with Crippen molar-refractivity contribution in [2.45, 2.75) is 38.8 Å². The average Bonchev–Trinajstić information content (AvgIpc) is 2.52. The molecule has 1 aromatic carbocycles. The summed E-state index contributed by atoms with van der Waals surface area (Å²) in [5.74, 6) is 0.867. The fraction of sp³-hybridized carbons (Fsp3) is 0.647. The van der Waals surface area contributed by atoms with Gasteiger partial charge >= 0.3 is 0 Å². The molecule has 120 valence electrons. The molecular weight excluding hydrogens is 266 g/mol. The summed E-state index contributed by atoms with van der Waals surface area (Å²) in [5, 5.41) is 3.31. The summed E-state index contributed by atoms with van der Waals surface area (Å²) >= 11 is 0.